The Kier molecular flexibility index (Phi) is 2.11. The maximum Gasteiger partial charge on any atom is 0.348 e. The summed E-state index contributed by atoms with van der Waals surface area (Å²) in [6.07, 6.45) is 1.12. The van der Waals surface area contributed by atoms with Crippen molar-refractivity contribution in [2.45, 2.75) is 37.4 Å². The van der Waals surface area contributed by atoms with E-state index in [1.807, 2.05) is 0 Å². The normalized spacial score (nSPS) is 32.4. The van der Waals surface area contributed by atoms with Gasteiger partial charge < -0.3 is 5.32 Å². The van der Waals surface area contributed by atoms with Gasteiger partial charge in [-0.05, 0) is 6.92 Å². The van der Waals surface area contributed by atoms with Gasteiger partial charge in [0.25, 0.3) is 0 Å². The molecule has 3 saturated carbocycles. The molecular weight excluding hydrogens is 263 g/mol. The van der Waals surface area contributed by atoms with Crippen molar-refractivity contribution < 1.29 is 9.31 Å². The number of nitrogens with one attached hydrogen (secondary N) is 1. The van der Waals surface area contributed by atoms with Gasteiger partial charge in [-0.2, -0.15) is 0 Å². The van der Waals surface area contributed by atoms with E-state index < -0.39 is 10.6 Å². The third-order valence-corrected chi connectivity index (χ3v) is 3.75. The summed E-state index contributed by atoms with van der Waals surface area (Å²) in [6.45, 7) is 1.60. The van der Waals surface area contributed by atoms with Crippen LogP contribution in [0.1, 0.15) is 25.1 Å². The molecule has 3 aliphatic carbocycles. The first-order chi connectivity index (χ1) is 8.33. The zero-order valence-corrected chi connectivity index (χ0v) is 10.3. The predicted molar refractivity (Wildman–Crippen MR) is 62.5 cm³/mol. The van der Waals surface area contributed by atoms with Gasteiger partial charge in [0.2, 0.25) is 11.0 Å². The van der Waals surface area contributed by atoms with Gasteiger partial charge in [0.1, 0.15) is 11.5 Å². The van der Waals surface area contributed by atoms with E-state index in [2.05, 4.69) is 15.3 Å². The topological polar surface area (TPSA) is 81.0 Å². The lowest BCUT2D eigenvalue weighted by atomic mass is 9.47. The van der Waals surface area contributed by atoms with Crippen LogP contribution in [0.2, 0.25) is 5.15 Å². The Balaban J connectivity index is 1.93. The summed E-state index contributed by atoms with van der Waals surface area (Å²) in [5.74, 6) is 0.425. The summed E-state index contributed by atoms with van der Waals surface area (Å²) >= 11 is 5.75. The molecule has 1 N–H and O–H groups in total. The molecule has 0 unspecified atom stereocenters. The highest BCUT2D eigenvalue weighted by atomic mass is 35.5. The third-order valence-electron chi connectivity index (χ3n) is 3.49. The molecule has 2 bridgehead atoms. The molecule has 0 saturated heterocycles. The number of hydrogen-bond acceptors (Lipinski definition) is 5. The van der Waals surface area contributed by atoms with Crippen molar-refractivity contribution in [2.75, 3.05) is 5.32 Å². The van der Waals surface area contributed by atoms with Crippen LogP contribution in [-0.2, 0) is 0 Å². The van der Waals surface area contributed by atoms with Gasteiger partial charge in [0.05, 0.1) is 4.92 Å². The average molecular weight is 273 g/mol. The number of anilines is 1. The molecule has 1 heterocycles. The second-order valence-electron chi connectivity index (χ2n) is 5.10. The number of nitro groups is 1. The van der Waals surface area contributed by atoms with Crippen molar-refractivity contribution in [3.05, 3.63) is 21.1 Å². The van der Waals surface area contributed by atoms with Crippen molar-refractivity contribution in [1.82, 2.24) is 9.97 Å². The molecule has 18 heavy (non-hydrogen) atoms. The molecule has 0 radical (unpaired) electrons. The molecule has 96 valence electrons. The largest absolute Gasteiger partial charge is 0.358 e. The SMILES string of the molecule is Cc1nc(Cl)c([N+](=O)[O-])c(NC23CC(F)(C2)C3)n1. The van der Waals surface area contributed by atoms with Gasteiger partial charge in [-0.3, -0.25) is 10.1 Å². The second kappa shape index (κ2) is 3.28. The van der Waals surface area contributed by atoms with Crippen LogP contribution in [0.3, 0.4) is 0 Å². The first-order valence-electron chi connectivity index (χ1n) is 5.48. The highest BCUT2D eigenvalue weighted by Crippen LogP contribution is 2.64. The number of aromatic nitrogens is 2. The molecule has 1 aromatic heterocycles. The number of rotatable bonds is 3. The van der Waals surface area contributed by atoms with Gasteiger partial charge in [0, 0.05) is 24.8 Å². The van der Waals surface area contributed by atoms with E-state index in [1.165, 1.54) is 0 Å². The van der Waals surface area contributed by atoms with Gasteiger partial charge >= 0.3 is 5.69 Å². The van der Waals surface area contributed by atoms with Crippen molar-refractivity contribution >= 4 is 23.1 Å². The molecule has 0 amide bonds. The number of nitrogens with zero attached hydrogens (tertiary/aromatic N) is 3. The second-order valence-corrected chi connectivity index (χ2v) is 5.46. The third kappa shape index (κ3) is 1.53. The van der Waals surface area contributed by atoms with Crippen molar-refractivity contribution in [1.29, 1.82) is 0 Å². The van der Waals surface area contributed by atoms with Crippen molar-refractivity contribution in [2.24, 2.45) is 0 Å². The summed E-state index contributed by atoms with van der Waals surface area (Å²) in [4.78, 5) is 18.1. The highest BCUT2D eigenvalue weighted by Gasteiger charge is 2.69. The fourth-order valence-electron chi connectivity index (χ4n) is 2.83. The monoisotopic (exact) mass is 272 g/mol. The van der Waals surface area contributed by atoms with E-state index >= 15 is 0 Å². The van der Waals surface area contributed by atoms with E-state index in [9.17, 15) is 14.5 Å². The maximum atomic E-state index is 13.4. The van der Waals surface area contributed by atoms with Crippen LogP contribution in [0.15, 0.2) is 0 Å². The molecule has 1 aromatic rings. The summed E-state index contributed by atoms with van der Waals surface area (Å²) < 4.78 is 13.4. The van der Waals surface area contributed by atoms with Crippen LogP contribution in [0.5, 0.6) is 0 Å². The number of alkyl halides is 1. The minimum atomic E-state index is -1.08. The lowest BCUT2D eigenvalue weighted by molar-refractivity contribution is -0.384. The molecule has 3 aliphatic rings. The molecule has 0 spiro atoms. The number of halogens is 2. The quantitative estimate of drug-likeness (QED) is 0.519. The van der Waals surface area contributed by atoms with Crippen molar-refractivity contribution in [3.63, 3.8) is 0 Å². The number of aryl methyl sites for hydroxylation is 1. The van der Waals surface area contributed by atoms with Crippen molar-refractivity contribution in [3.8, 4) is 0 Å². The fourth-order valence-corrected chi connectivity index (χ4v) is 3.11. The van der Waals surface area contributed by atoms with E-state index in [0.29, 0.717) is 25.1 Å². The summed E-state index contributed by atoms with van der Waals surface area (Å²) in [5, 5.41) is 13.7. The molecular formula is C10H10ClFN4O2. The Morgan fingerprint density at radius 2 is 2.06 bits per heavy atom. The molecule has 3 fully saturated rings. The Morgan fingerprint density at radius 1 is 1.44 bits per heavy atom. The number of hydrogen-bond donors (Lipinski definition) is 1. The Labute approximate surface area is 107 Å². The van der Waals surface area contributed by atoms with Crippen LogP contribution in [0.4, 0.5) is 15.9 Å². The lowest BCUT2D eigenvalue weighted by Gasteiger charge is -2.65. The van der Waals surface area contributed by atoms with Gasteiger partial charge in [-0.25, -0.2) is 14.4 Å². The van der Waals surface area contributed by atoms with E-state index in [-0.39, 0.29) is 22.2 Å². The summed E-state index contributed by atoms with van der Waals surface area (Å²) in [5.41, 5.74) is -1.81. The predicted octanol–water partition coefficient (Wildman–Crippen LogP) is 2.40. The molecule has 0 aromatic carbocycles. The fraction of sp³-hybridized carbons (Fsp3) is 0.600. The molecule has 6 nitrogen and oxygen atoms in total. The molecule has 8 heteroatoms. The lowest BCUT2D eigenvalue weighted by Crippen LogP contribution is -2.73. The Bertz CT molecular complexity index is 545. The highest BCUT2D eigenvalue weighted by molar-refractivity contribution is 6.31. The van der Waals surface area contributed by atoms with Gasteiger partial charge in [-0.1, -0.05) is 11.6 Å². The average Bonchev–Trinajstić information content (AvgIpc) is 2.11. The van der Waals surface area contributed by atoms with Crippen LogP contribution in [-0.4, -0.2) is 26.1 Å². The maximum absolute atomic E-state index is 13.4. The summed E-state index contributed by atoms with van der Waals surface area (Å²) in [7, 11) is 0. The van der Waals surface area contributed by atoms with E-state index in [0.717, 1.165) is 0 Å². The first kappa shape index (κ1) is 11.6. The van der Waals surface area contributed by atoms with Crippen LogP contribution in [0, 0.1) is 17.0 Å². The minimum Gasteiger partial charge on any atom is -0.358 e. The Morgan fingerprint density at radius 3 is 2.56 bits per heavy atom. The smallest absolute Gasteiger partial charge is 0.348 e. The zero-order chi connectivity index (χ0) is 13.1. The zero-order valence-electron chi connectivity index (χ0n) is 9.54. The van der Waals surface area contributed by atoms with Crippen LogP contribution >= 0.6 is 11.6 Å². The van der Waals surface area contributed by atoms with Gasteiger partial charge in [0.15, 0.2) is 0 Å². The van der Waals surface area contributed by atoms with E-state index in [4.69, 9.17) is 11.6 Å². The summed E-state index contributed by atoms with van der Waals surface area (Å²) in [6, 6.07) is 0. The standard InChI is InChI=1S/C10H10ClFN4O2/c1-5-13-7(11)6(16(17)18)8(14-5)15-10-2-9(12,3-10)4-10/h2-4H2,1H3,(H,13,14,15). The first-order valence-corrected chi connectivity index (χ1v) is 5.86. The molecule has 0 atom stereocenters. The molecule has 0 aliphatic heterocycles. The van der Waals surface area contributed by atoms with Crippen LogP contribution in [0.25, 0.3) is 0 Å². The molecule has 4 rings (SSSR count). The Hall–Kier alpha value is -1.50. The van der Waals surface area contributed by atoms with Gasteiger partial charge in [-0.15, -0.1) is 0 Å². The van der Waals surface area contributed by atoms with Crippen LogP contribution < -0.4 is 5.32 Å². The van der Waals surface area contributed by atoms with E-state index in [1.54, 1.807) is 6.92 Å². The minimum absolute atomic E-state index is 0.0826.